The zero-order chi connectivity index (χ0) is 14.5. The third-order valence-corrected chi connectivity index (χ3v) is 3.90. The molecule has 2 rings (SSSR count). The molecule has 0 atom stereocenters. The third-order valence-electron chi connectivity index (χ3n) is 3.47. The minimum Gasteiger partial charge on any atom is -0.385 e. The SMILES string of the molecule is C=CCn1c(C2CC2)nn(CN(C)CCCOC)c1=S. The first-order valence-electron chi connectivity index (χ1n) is 7.13. The molecule has 1 aromatic rings. The molecule has 1 aromatic heterocycles. The van der Waals surface area contributed by atoms with E-state index in [-0.39, 0.29) is 0 Å². The van der Waals surface area contributed by atoms with E-state index in [0.29, 0.717) is 5.92 Å². The fourth-order valence-electron chi connectivity index (χ4n) is 2.27. The molecule has 0 spiro atoms. The summed E-state index contributed by atoms with van der Waals surface area (Å²) in [7, 11) is 3.82. The van der Waals surface area contributed by atoms with Crippen molar-refractivity contribution in [3.8, 4) is 0 Å². The Kier molecular flexibility index (Phi) is 5.51. The van der Waals surface area contributed by atoms with Gasteiger partial charge in [0.15, 0.2) is 4.77 Å². The number of nitrogens with zero attached hydrogens (tertiary/aromatic N) is 4. The van der Waals surface area contributed by atoms with Gasteiger partial charge in [0.05, 0.1) is 6.67 Å². The summed E-state index contributed by atoms with van der Waals surface area (Å²) in [5, 5.41) is 4.71. The molecule has 0 unspecified atom stereocenters. The Morgan fingerprint density at radius 3 is 2.90 bits per heavy atom. The van der Waals surface area contributed by atoms with Crippen LogP contribution >= 0.6 is 12.2 Å². The van der Waals surface area contributed by atoms with E-state index in [9.17, 15) is 0 Å². The molecule has 0 amide bonds. The van der Waals surface area contributed by atoms with E-state index in [2.05, 4.69) is 23.1 Å². The van der Waals surface area contributed by atoms with E-state index in [1.54, 1.807) is 7.11 Å². The van der Waals surface area contributed by atoms with Crippen LogP contribution in [-0.2, 0) is 18.0 Å². The van der Waals surface area contributed by atoms with Gasteiger partial charge < -0.3 is 4.74 Å². The molecule has 0 saturated heterocycles. The number of aromatic nitrogens is 3. The zero-order valence-electron chi connectivity index (χ0n) is 12.4. The largest absolute Gasteiger partial charge is 0.385 e. The molecule has 0 N–H and O–H groups in total. The second-order valence-electron chi connectivity index (χ2n) is 5.38. The normalized spacial score (nSPS) is 14.9. The molecule has 1 aliphatic rings. The molecule has 1 heterocycles. The van der Waals surface area contributed by atoms with Gasteiger partial charge in [-0.2, -0.15) is 5.10 Å². The summed E-state index contributed by atoms with van der Waals surface area (Å²) < 4.78 is 9.92. The second-order valence-corrected chi connectivity index (χ2v) is 5.75. The van der Waals surface area contributed by atoms with Gasteiger partial charge in [-0.3, -0.25) is 9.47 Å². The summed E-state index contributed by atoms with van der Waals surface area (Å²) in [6.45, 7) is 7.05. The number of rotatable bonds is 9. The summed E-state index contributed by atoms with van der Waals surface area (Å²) in [6, 6.07) is 0. The van der Waals surface area contributed by atoms with E-state index in [0.717, 1.165) is 43.4 Å². The van der Waals surface area contributed by atoms with Crippen molar-refractivity contribution in [2.24, 2.45) is 0 Å². The van der Waals surface area contributed by atoms with Crippen molar-refractivity contribution in [1.82, 2.24) is 19.2 Å². The van der Waals surface area contributed by atoms with Gasteiger partial charge in [0.25, 0.3) is 0 Å². The summed E-state index contributed by atoms with van der Waals surface area (Å²) in [6.07, 6.45) is 5.36. The number of hydrogen-bond donors (Lipinski definition) is 0. The molecule has 1 saturated carbocycles. The minimum atomic E-state index is 0.594. The first-order valence-corrected chi connectivity index (χ1v) is 7.54. The van der Waals surface area contributed by atoms with Crippen molar-refractivity contribution in [1.29, 1.82) is 0 Å². The molecular formula is C14H24N4OS. The van der Waals surface area contributed by atoms with Gasteiger partial charge in [0, 0.05) is 32.7 Å². The van der Waals surface area contributed by atoms with Crippen LogP contribution in [-0.4, -0.2) is 46.6 Å². The minimum absolute atomic E-state index is 0.594. The maximum atomic E-state index is 5.54. The Bertz CT molecular complexity index is 504. The highest BCUT2D eigenvalue weighted by Gasteiger charge is 2.29. The maximum Gasteiger partial charge on any atom is 0.199 e. The molecular weight excluding hydrogens is 272 g/mol. The summed E-state index contributed by atoms with van der Waals surface area (Å²) in [5.41, 5.74) is 0. The van der Waals surface area contributed by atoms with Crippen LogP contribution in [0.1, 0.15) is 31.0 Å². The van der Waals surface area contributed by atoms with Crippen molar-refractivity contribution >= 4 is 12.2 Å². The predicted molar refractivity (Wildman–Crippen MR) is 82.3 cm³/mol. The Labute approximate surface area is 125 Å². The Balaban J connectivity index is 2.05. The molecule has 0 radical (unpaired) electrons. The first-order chi connectivity index (χ1) is 9.67. The van der Waals surface area contributed by atoms with Crippen molar-refractivity contribution in [3.63, 3.8) is 0 Å². The van der Waals surface area contributed by atoms with Gasteiger partial charge in [-0.25, -0.2) is 4.68 Å². The van der Waals surface area contributed by atoms with Crippen LogP contribution in [0.4, 0.5) is 0 Å². The van der Waals surface area contributed by atoms with E-state index < -0.39 is 0 Å². The van der Waals surface area contributed by atoms with Crippen molar-refractivity contribution in [3.05, 3.63) is 23.3 Å². The lowest BCUT2D eigenvalue weighted by molar-refractivity contribution is 0.168. The molecule has 1 fully saturated rings. The Morgan fingerprint density at radius 1 is 1.55 bits per heavy atom. The fourth-order valence-corrected chi connectivity index (χ4v) is 2.54. The molecule has 6 heteroatoms. The molecule has 5 nitrogen and oxygen atoms in total. The summed E-state index contributed by atoms with van der Waals surface area (Å²) in [4.78, 5) is 2.22. The van der Waals surface area contributed by atoms with Gasteiger partial charge in [-0.15, -0.1) is 6.58 Å². The van der Waals surface area contributed by atoms with E-state index in [1.807, 2.05) is 10.8 Å². The molecule has 112 valence electrons. The van der Waals surface area contributed by atoms with Crippen LogP contribution in [0, 0.1) is 4.77 Å². The average molecular weight is 296 g/mol. The number of ether oxygens (including phenoxy) is 1. The van der Waals surface area contributed by atoms with Crippen molar-refractivity contribution in [2.45, 2.75) is 38.4 Å². The summed E-state index contributed by atoms with van der Waals surface area (Å²) in [5.74, 6) is 1.72. The van der Waals surface area contributed by atoms with Crippen LogP contribution < -0.4 is 0 Å². The Morgan fingerprint density at radius 2 is 2.30 bits per heavy atom. The smallest absolute Gasteiger partial charge is 0.199 e. The van der Waals surface area contributed by atoms with E-state index in [4.69, 9.17) is 22.1 Å². The standard InChI is InChI=1S/C14H24N4OS/c1-4-8-17-13(12-6-7-12)15-18(14(17)20)11-16(2)9-5-10-19-3/h4,12H,1,5-11H2,2-3H3. The number of methoxy groups -OCH3 is 1. The van der Waals surface area contributed by atoms with Crippen LogP contribution in [0.25, 0.3) is 0 Å². The van der Waals surface area contributed by atoms with Gasteiger partial charge in [-0.1, -0.05) is 6.08 Å². The molecule has 0 aromatic carbocycles. The van der Waals surface area contributed by atoms with Crippen LogP contribution in [0.3, 0.4) is 0 Å². The highest BCUT2D eigenvalue weighted by molar-refractivity contribution is 7.71. The van der Waals surface area contributed by atoms with Gasteiger partial charge in [0.1, 0.15) is 5.82 Å². The highest BCUT2D eigenvalue weighted by atomic mass is 32.1. The monoisotopic (exact) mass is 296 g/mol. The van der Waals surface area contributed by atoms with Crippen LogP contribution in [0.2, 0.25) is 0 Å². The number of hydrogen-bond acceptors (Lipinski definition) is 4. The van der Waals surface area contributed by atoms with Gasteiger partial charge in [0.2, 0.25) is 0 Å². The molecule has 0 bridgehead atoms. The quantitative estimate of drug-likeness (QED) is 0.398. The third kappa shape index (κ3) is 3.77. The predicted octanol–water partition coefficient (Wildman–Crippen LogP) is 2.40. The molecule has 0 aliphatic heterocycles. The van der Waals surface area contributed by atoms with Crippen molar-refractivity contribution in [2.75, 3.05) is 27.3 Å². The lowest BCUT2D eigenvalue weighted by Crippen LogP contribution is -2.24. The van der Waals surface area contributed by atoms with E-state index >= 15 is 0 Å². The lowest BCUT2D eigenvalue weighted by atomic mass is 10.4. The highest BCUT2D eigenvalue weighted by Crippen LogP contribution is 2.39. The number of allylic oxidation sites excluding steroid dienone is 1. The van der Waals surface area contributed by atoms with E-state index in [1.165, 1.54) is 12.8 Å². The first kappa shape index (κ1) is 15.4. The second kappa shape index (κ2) is 7.15. The van der Waals surface area contributed by atoms with Crippen LogP contribution in [0.15, 0.2) is 12.7 Å². The molecule has 20 heavy (non-hydrogen) atoms. The Hall–Kier alpha value is -0.980. The average Bonchev–Trinajstić information content (AvgIpc) is 3.21. The zero-order valence-corrected chi connectivity index (χ0v) is 13.2. The topological polar surface area (TPSA) is 35.2 Å². The maximum absolute atomic E-state index is 5.54. The summed E-state index contributed by atoms with van der Waals surface area (Å²) >= 11 is 5.54. The molecule has 1 aliphatic carbocycles. The fraction of sp³-hybridized carbons (Fsp3) is 0.714. The van der Waals surface area contributed by atoms with Gasteiger partial charge >= 0.3 is 0 Å². The van der Waals surface area contributed by atoms with Crippen LogP contribution in [0.5, 0.6) is 0 Å². The van der Waals surface area contributed by atoms with Crippen molar-refractivity contribution < 1.29 is 4.74 Å². The lowest BCUT2D eigenvalue weighted by Gasteiger charge is -2.15. The van der Waals surface area contributed by atoms with Gasteiger partial charge in [-0.05, 0) is 38.5 Å².